The number of fused-ring (bicyclic) bond motifs is 6. The molecule has 0 aliphatic carbocycles. The first kappa shape index (κ1) is 56.9. The van der Waals surface area contributed by atoms with Gasteiger partial charge in [-0.25, -0.2) is 0 Å². The van der Waals surface area contributed by atoms with Gasteiger partial charge in [0.05, 0.1) is 62.3 Å². The number of rotatable bonds is 8. The summed E-state index contributed by atoms with van der Waals surface area (Å²) in [6.45, 7) is 25.8. The molecule has 0 fully saturated rings. The van der Waals surface area contributed by atoms with Crippen LogP contribution in [-0.2, 0) is 6.18 Å². The van der Waals surface area contributed by atoms with Crippen LogP contribution in [0.4, 0.5) is 13.2 Å². The number of aromatic nitrogens is 2. The highest BCUT2D eigenvalue weighted by Crippen LogP contribution is 2.48. The summed E-state index contributed by atoms with van der Waals surface area (Å²) in [6.07, 6.45) is -4.79. The predicted molar refractivity (Wildman–Crippen MR) is 359 cm³/mol. The first-order chi connectivity index (χ1) is 42.1. The van der Waals surface area contributed by atoms with Gasteiger partial charge in [0.15, 0.2) is 0 Å². The minimum Gasteiger partial charge on any atom is -0.309 e. The SMILES string of the molecule is Cc1cc(C)c(-c2ccc3c(c2)c2cc(-c4c(C)cc(C)cc4C)ccc2n3-c2ccc(C#N)cc2-c2cc(-c3ccc(C#N)cc3C(F)(F)F)ccc2-n2c3ccc(-c4c(C)cc(C)cc4C)cc3c3cc(-c4c(C)cc(C)cc4C)ccc32)c(C)c1. The van der Waals surface area contributed by atoms with Crippen molar-refractivity contribution in [3.63, 3.8) is 0 Å². The molecule has 0 bridgehead atoms. The lowest BCUT2D eigenvalue weighted by Gasteiger charge is -2.21. The minimum absolute atomic E-state index is 0.0678. The van der Waals surface area contributed by atoms with Crippen LogP contribution >= 0.6 is 0 Å². The Hall–Kier alpha value is -10.2. The van der Waals surface area contributed by atoms with Gasteiger partial charge in [-0.3, -0.25) is 0 Å². The molecule has 0 aliphatic heterocycles. The van der Waals surface area contributed by atoms with Crippen molar-refractivity contribution >= 4 is 43.6 Å². The highest BCUT2D eigenvalue weighted by molar-refractivity contribution is 6.14. The van der Waals surface area contributed by atoms with Crippen molar-refractivity contribution in [3.8, 4) is 90.3 Å². The van der Waals surface area contributed by atoms with Gasteiger partial charge in [0.2, 0.25) is 0 Å². The normalized spacial score (nSPS) is 11.8. The van der Waals surface area contributed by atoms with E-state index in [0.717, 1.165) is 77.6 Å². The number of benzene rings is 11. The summed E-state index contributed by atoms with van der Waals surface area (Å²) in [6, 6.07) is 63.9. The van der Waals surface area contributed by atoms with Crippen LogP contribution < -0.4 is 0 Å². The van der Waals surface area contributed by atoms with E-state index < -0.39 is 11.7 Å². The minimum atomic E-state index is -4.79. The molecule has 7 heteroatoms. The number of hydrogen-bond acceptors (Lipinski definition) is 2. The van der Waals surface area contributed by atoms with Crippen molar-refractivity contribution in [1.82, 2.24) is 9.13 Å². The van der Waals surface area contributed by atoms with Crippen LogP contribution in [0.2, 0.25) is 0 Å². The van der Waals surface area contributed by atoms with E-state index in [1.54, 1.807) is 6.07 Å². The van der Waals surface area contributed by atoms with Crippen LogP contribution in [0, 0.1) is 106 Å². The van der Waals surface area contributed by atoms with E-state index in [1.807, 2.05) is 36.4 Å². The van der Waals surface area contributed by atoms with Crippen molar-refractivity contribution in [1.29, 1.82) is 10.5 Å². The Morgan fingerprint density at radius 2 is 0.580 bits per heavy atom. The van der Waals surface area contributed by atoms with Gasteiger partial charge in [-0.05, 0) is 274 Å². The zero-order valence-corrected chi connectivity index (χ0v) is 51.7. The number of hydrogen-bond donors (Lipinski definition) is 0. The Morgan fingerprint density at radius 3 is 0.898 bits per heavy atom. The Labute approximate surface area is 512 Å². The smallest absolute Gasteiger partial charge is 0.309 e. The van der Waals surface area contributed by atoms with Crippen LogP contribution in [0.25, 0.3) is 122 Å². The third kappa shape index (κ3) is 9.54. The highest BCUT2D eigenvalue weighted by Gasteiger charge is 2.35. The Kier molecular flexibility index (Phi) is 13.8. The summed E-state index contributed by atoms with van der Waals surface area (Å²) >= 11 is 0. The Balaban J connectivity index is 1.15. The molecule has 11 aromatic carbocycles. The molecule has 2 heterocycles. The van der Waals surface area contributed by atoms with Crippen molar-refractivity contribution < 1.29 is 13.2 Å². The number of halogens is 3. The van der Waals surface area contributed by atoms with E-state index in [1.165, 1.54) is 101 Å². The van der Waals surface area contributed by atoms with Crippen molar-refractivity contribution in [3.05, 3.63) is 259 Å². The first-order valence-electron chi connectivity index (χ1n) is 29.9. The van der Waals surface area contributed by atoms with Gasteiger partial charge in [-0.2, -0.15) is 23.7 Å². The van der Waals surface area contributed by atoms with E-state index in [9.17, 15) is 10.5 Å². The lowest BCUT2D eigenvalue weighted by Crippen LogP contribution is -2.08. The summed E-state index contributed by atoms with van der Waals surface area (Å²) < 4.78 is 50.9. The maximum atomic E-state index is 15.5. The fourth-order valence-electron chi connectivity index (χ4n) is 15.0. The summed E-state index contributed by atoms with van der Waals surface area (Å²) in [5, 5.41) is 25.0. The predicted octanol–water partition coefficient (Wildman–Crippen LogP) is 22.3. The second-order valence-electron chi connectivity index (χ2n) is 24.6. The molecule has 0 aliphatic rings. The molecule has 0 saturated heterocycles. The summed E-state index contributed by atoms with van der Waals surface area (Å²) in [5.74, 6) is 0. The molecule has 0 saturated carbocycles. The van der Waals surface area contributed by atoms with Crippen molar-refractivity contribution in [2.24, 2.45) is 0 Å². The first-order valence-corrected chi connectivity index (χ1v) is 29.9. The molecule has 13 aromatic rings. The molecule has 0 amide bonds. The molecule has 13 rings (SSSR count). The van der Waals surface area contributed by atoms with Crippen molar-refractivity contribution in [2.45, 2.75) is 89.3 Å². The molecule has 0 unspecified atom stereocenters. The standard InChI is InChI=1S/C81H65F3N4/c1-44-27-48(5)77(49(6)28-44)59-16-23-73-66(38-59)67-39-60(78-50(7)29-45(2)30-51(78)8)17-24-74(67)87(73)71-21-14-56(42-85)35-64(71)65-37-58(63-20-13-57(43-86)36-70(63)81(82,83)84)15-22-72(65)88-75-25-18-61(79-52(9)31-46(3)32-53(79)10)40-68(75)69-41-62(19-26-76(69)88)80-54(11)33-47(4)34-55(80)12/h13-41H,1-12H3. The van der Waals surface area contributed by atoms with Crippen LogP contribution in [0.5, 0.6) is 0 Å². The third-order valence-corrected chi connectivity index (χ3v) is 18.1. The van der Waals surface area contributed by atoms with Gasteiger partial charge in [0.25, 0.3) is 0 Å². The molecule has 4 nitrogen and oxygen atoms in total. The topological polar surface area (TPSA) is 57.4 Å². The van der Waals surface area contributed by atoms with Gasteiger partial charge in [-0.1, -0.05) is 107 Å². The van der Waals surface area contributed by atoms with Gasteiger partial charge >= 0.3 is 6.18 Å². The van der Waals surface area contributed by atoms with Gasteiger partial charge in [0.1, 0.15) is 0 Å². The largest absolute Gasteiger partial charge is 0.417 e. The van der Waals surface area contributed by atoms with E-state index in [0.29, 0.717) is 27.9 Å². The Bertz CT molecular complexity index is 4920. The number of aryl methyl sites for hydroxylation is 12. The average molecular weight is 1150 g/mol. The molecule has 88 heavy (non-hydrogen) atoms. The molecular formula is C81H65F3N4. The molecule has 0 spiro atoms. The Morgan fingerprint density at radius 1 is 0.295 bits per heavy atom. The lowest BCUT2D eigenvalue weighted by atomic mass is 9.91. The van der Waals surface area contributed by atoms with E-state index in [-0.39, 0.29) is 11.1 Å². The lowest BCUT2D eigenvalue weighted by molar-refractivity contribution is -0.137. The van der Waals surface area contributed by atoms with Gasteiger partial charge in [-0.15, -0.1) is 0 Å². The van der Waals surface area contributed by atoms with Crippen LogP contribution in [-0.4, -0.2) is 9.13 Å². The number of alkyl halides is 3. The zero-order valence-electron chi connectivity index (χ0n) is 51.7. The van der Waals surface area contributed by atoms with Gasteiger partial charge < -0.3 is 9.13 Å². The quantitative estimate of drug-likeness (QED) is 0.152. The summed E-state index contributed by atoms with van der Waals surface area (Å²) in [7, 11) is 0. The average Bonchev–Trinajstić information content (AvgIpc) is 1.62. The zero-order chi connectivity index (χ0) is 61.9. The number of nitrogens with zero attached hydrogens (tertiary/aromatic N) is 4. The fourth-order valence-corrected chi connectivity index (χ4v) is 15.0. The second kappa shape index (κ2) is 21.3. The van der Waals surface area contributed by atoms with Gasteiger partial charge in [0, 0.05) is 32.7 Å². The van der Waals surface area contributed by atoms with Crippen LogP contribution in [0.15, 0.2) is 176 Å². The molecule has 0 atom stereocenters. The van der Waals surface area contributed by atoms with Crippen molar-refractivity contribution in [2.75, 3.05) is 0 Å². The maximum absolute atomic E-state index is 15.5. The molecule has 0 radical (unpaired) electrons. The molecule has 430 valence electrons. The highest BCUT2D eigenvalue weighted by atomic mass is 19.4. The molecule has 2 aromatic heterocycles. The maximum Gasteiger partial charge on any atom is 0.417 e. The fraction of sp³-hybridized carbons (Fsp3) is 0.160. The van der Waals surface area contributed by atoms with Crippen LogP contribution in [0.3, 0.4) is 0 Å². The van der Waals surface area contributed by atoms with E-state index in [4.69, 9.17) is 0 Å². The molecular weight excluding hydrogens is 1090 g/mol. The number of nitriles is 2. The summed E-state index contributed by atoms with van der Waals surface area (Å²) in [5.41, 5.74) is 29.2. The summed E-state index contributed by atoms with van der Waals surface area (Å²) in [4.78, 5) is 0. The van der Waals surface area contributed by atoms with Crippen LogP contribution in [0.1, 0.15) is 83.5 Å². The van der Waals surface area contributed by atoms with E-state index in [2.05, 4.69) is 220 Å². The third-order valence-electron chi connectivity index (χ3n) is 18.1. The monoisotopic (exact) mass is 1150 g/mol. The van der Waals surface area contributed by atoms with E-state index >= 15 is 13.2 Å². The second-order valence-corrected chi connectivity index (χ2v) is 24.6. The molecule has 0 N–H and O–H groups in total.